The first kappa shape index (κ1) is 12.5. The zero-order valence-electron chi connectivity index (χ0n) is 9.93. The van der Waals surface area contributed by atoms with Crippen LogP contribution >= 0.6 is 11.8 Å². The molecule has 1 aromatic carbocycles. The molecule has 0 amide bonds. The average molecular weight is 249 g/mol. The Morgan fingerprint density at radius 3 is 2.65 bits per heavy atom. The van der Waals surface area contributed by atoms with Crippen molar-refractivity contribution in [2.75, 3.05) is 5.75 Å². The maximum absolute atomic E-state index is 5.52. The first-order valence-corrected chi connectivity index (χ1v) is 7.08. The number of nitrogens with zero attached hydrogens (tertiary/aromatic N) is 1. The van der Waals surface area contributed by atoms with Gasteiger partial charge in [0.25, 0.3) is 0 Å². The Balaban J connectivity index is 1.87. The molecule has 0 atom stereocenters. The lowest BCUT2D eigenvalue weighted by atomic mass is 10.3. The van der Waals surface area contributed by atoms with Crippen molar-refractivity contribution in [1.82, 2.24) is 5.43 Å². The molecule has 0 aliphatic heterocycles. The highest BCUT2D eigenvalue weighted by Crippen LogP contribution is 2.22. The predicted octanol–water partition coefficient (Wildman–Crippen LogP) is 2.58. The van der Waals surface area contributed by atoms with E-state index >= 15 is 0 Å². The van der Waals surface area contributed by atoms with Gasteiger partial charge in [-0.25, -0.2) is 5.84 Å². The van der Waals surface area contributed by atoms with Crippen LogP contribution in [0.25, 0.3) is 0 Å². The predicted molar refractivity (Wildman–Crippen MR) is 74.2 cm³/mol. The highest BCUT2D eigenvalue weighted by atomic mass is 32.2. The van der Waals surface area contributed by atoms with E-state index in [0.717, 1.165) is 11.6 Å². The van der Waals surface area contributed by atoms with E-state index in [9.17, 15) is 0 Å². The Morgan fingerprint density at radius 1 is 1.29 bits per heavy atom. The number of nitrogens with one attached hydrogen (secondary N) is 1. The fourth-order valence-electron chi connectivity index (χ4n) is 2.04. The molecule has 17 heavy (non-hydrogen) atoms. The van der Waals surface area contributed by atoms with E-state index in [4.69, 9.17) is 5.84 Å². The summed E-state index contributed by atoms with van der Waals surface area (Å²) in [5.41, 5.74) is 2.73. The van der Waals surface area contributed by atoms with Gasteiger partial charge < -0.3 is 5.43 Å². The Bertz CT molecular complexity index is 358. The van der Waals surface area contributed by atoms with Crippen molar-refractivity contribution in [3.05, 3.63) is 30.3 Å². The van der Waals surface area contributed by atoms with Gasteiger partial charge in [0.15, 0.2) is 0 Å². The Kier molecular flexibility index (Phi) is 4.88. The summed E-state index contributed by atoms with van der Waals surface area (Å²) < 4.78 is 0. The lowest BCUT2D eigenvalue weighted by Crippen LogP contribution is -2.33. The van der Waals surface area contributed by atoms with Crippen LogP contribution in [0.2, 0.25) is 0 Å². The summed E-state index contributed by atoms with van der Waals surface area (Å²) in [6.07, 6.45) is 5.03. The molecule has 0 bridgehead atoms. The van der Waals surface area contributed by atoms with Crippen molar-refractivity contribution < 1.29 is 0 Å². The number of hydrogen-bond acceptors (Lipinski definition) is 3. The second kappa shape index (κ2) is 6.67. The number of hydrazine groups is 1. The van der Waals surface area contributed by atoms with Crippen molar-refractivity contribution in [1.29, 1.82) is 0 Å². The normalized spacial score (nSPS) is 17.4. The molecule has 3 nitrogen and oxygen atoms in total. The van der Waals surface area contributed by atoms with E-state index < -0.39 is 0 Å². The monoisotopic (exact) mass is 249 g/mol. The molecule has 3 N–H and O–H groups in total. The third-order valence-electron chi connectivity index (χ3n) is 2.95. The van der Waals surface area contributed by atoms with Crippen LogP contribution in [0.4, 0.5) is 0 Å². The number of nitrogens with two attached hydrogens (primary N) is 1. The number of aliphatic imine (C=N–C) groups is 1. The van der Waals surface area contributed by atoms with Crippen LogP contribution < -0.4 is 11.3 Å². The van der Waals surface area contributed by atoms with Crippen molar-refractivity contribution in [3.63, 3.8) is 0 Å². The van der Waals surface area contributed by atoms with Crippen LogP contribution in [0.1, 0.15) is 25.7 Å². The van der Waals surface area contributed by atoms with E-state index in [-0.39, 0.29) is 0 Å². The number of amidine groups is 1. The first-order valence-electron chi connectivity index (χ1n) is 6.09. The lowest BCUT2D eigenvalue weighted by molar-refractivity contribution is 0.700. The van der Waals surface area contributed by atoms with Gasteiger partial charge in [0, 0.05) is 4.90 Å². The molecule has 1 saturated carbocycles. The fourth-order valence-corrected chi connectivity index (χ4v) is 2.85. The van der Waals surface area contributed by atoms with Gasteiger partial charge in [-0.3, -0.25) is 4.99 Å². The molecular formula is C13H19N3S. The summed E-state index contributed by atoms with van der Waals surface area (Å²) in [7, 11) is 0. The van der Waals surface area contributed by atoms with Gasteiger partial charge in [-0.05, 0) is 25.0 Å². The molecule has 0 radical (unpaired) electrons. The molecule has 0 unspecified atom stereocenters. The Morgan fingerprint density at radius 2 is 2.00 bits per heavy atom. The number of hydrogen-bond donors (Lipinski definition) is 2. The minimum atomic E-state index is 0.484. The third kappa shape index (κ3) is 4.06. The fraction of sp³-hybridized carbons (Fsp3) is 0.462. The quantitative estimate of drug-likeness (QED) is 0.283. The zero-order chi connectivity index (χ0) is 11.9. The summed E-state index contributed by atoms with van der Waals surface area (Å²) >= 11 is 1.76. The van der Waals surface area contributed by atoms with Gasteiger partial charge >= 0.3 is 0 Å². The van der Waals surface area contributed by atoms with Crippen LogP contribution in [0.3, 0.4) is 0 Å². The van der Waals surface area contributed by atoms with E-state index in [0.29, 0.717) is 6.04 Å². The van der Waals surface area contributed by atoms with Gasteiger partial charge in [-0.1, -0.05) is 31.0 Å². The summed E-state index contributed by atoms with van der Waals surface area (Å²) in [4.78, 5) is 5.92. The lowest BCUT2D eigenvalue weighted by Gasteiger charge is -2.09. The number of thioether (sulfide) groups is 1. The second-order valence-electron chi connectivity index (χ2n) is 4.26. The molecule has 92 valence electrons. The molecule has 1 fully saturated rings. The molecule has 0 heterocycles. The summed E-state index contributed by atoms with van der Waals surface area (Å²) in [6.45, 7) is 0. The van der Waals surface area contributed by atoms with Crippen LogP contribution in [0.5, 0.6) is 0 Å². The SMILES string of the molecule is NNC(CSc1ccccc1)=NC1CCCC1. The minimum Gasteiger partial charge on any atom is -0.312 e. The molecule has 2 rings (SSSR count). The first-order chi connectivity index (χ1) is 8.38. The smallest absolute Gasteiger partial charge is 0.121 e. The van der Waals surface area contributed by atoms with Crippen LogP contribution in [0, 0.1) is 0 Å². The van der Waals surface area contributed by atoms with Gasteiger partial charge in [0.05, 0.1) is 11.8 Å². The third-order valence-corrected chi connectivity index (χ3v) is 3.97. The summed E-state index contributed by atoms with van der Waals surface area (Å²) in [5, 5.41) is 0. The maximum Gasteiger partial charge on any atom is 0.121 e. The standard InChI is InChI=1S/C13H19N3S/c14-16-13(15-11-6-4-5-7-11)10-17-12-8-2-1-3-9-12/h1-3,8-9,11H,4-7,10,14H2,(H,15,16). The Hall–Kier alpha value is -1.00. The van der Waals surface area contributed by atoms with Gasteiger partial charge in [0.2, 0.25) is 0 Å². The summed E-state index contributed by atoms with van der Waals surface area (Å²) in [5.74, 6) is 7.25. The van der Waals surface area contributed by atoms with Crippen LogP contribution in [0.15, 0.2) is 40.2 Å². The van der Waals surface area contributed by atoms with E-state index in [1.165, 1.54) is 30.6 Å². The van der Waals surface area contributed by atoms with E-state index in [2.05, 4.69) is 22.6 Å². The second-order valence-corrected chi connectivity index (χ2v) is 5.31. The van der Waals surface area contributed by atoms with Crippen molar-refractivity contribution in [2.45, 2.75) is 36.6 Å². The minimum absolute atomic E-state index is 0.484. The van der Waals surface area contributed by atoms with Gasteiger partial charge in [0.1, 0.15) is 5.84 Å². The molecule has 1 aliphatic rings. The molecule has 0 spiro atoms. The van der Waals surface area contributed by atoms with E-state index in [1.54, 1.807) is 11.8 Å². The molecular weight excluding hydrogens is 230 g/mol. The van der Waals surface area contributed by atoms with Crippen molar-refractivity contribution in [3.8, 4) is 0 Å². The average Bonchev–Trinajstić information content (AvgIpc) is 2.88. The molecule has 0 aromatic heterocycles. The number of rotatable bonds is 4. The van der Waals surface area contributed by atoms with Crippen molar-refractivity contribution >= 4 is 17.6 Å². The molecule has 4 heteroatoms. The largest absolute Gasteiger partial charge is 0.312 e. The van der Waals surface area contributed by atoms with E-state index in [1.807, 2.05) is 18.2 Å². The molecule has 1 aliphatic carbocycles. The van der Waals surface area contributed by atoms with Crippen LogP contribution in [-0.2, 0) is 0 Å². The highest BCUT2D eigenvalue weighted by molar-refractivity contribution is 8.00. The van der Waals surface area contributed by atoms with Crippen molar-refractivity contribution in [2.24, 2.45) is 10.8 Å². The molecule has 1 aromatic rings. The zero-order valence-corrected chi connectivity index (χ0v) is 10.7. The number of benzene rings is 1. The van der Waals surface area contributed by atoms with Gasteiger partial charge in [-0.15, -0.1) is 11.8 Å². The maximum atomic E-state index is 5.52. The Labute approximate surface area is 107 Å². The van der Waals surface area contributed by atoms with Crippen LogP contribution in [-0.4, -0.2) is 17.6 Å². The summed E-state index contributed by atoms with van der Waals surface area (Å²) in [6, 6.07) is 10.8. The highest BCUT2D eigenvalue weighted by Gasteiger charge is 2.14. The topological polar surface area (TPSA) is 50.4 Å². The van der Waals surface area contributed by atoms with Gasteiger partial charge in [-0.2, -0.15) is 0 Å². The molecule has 0 saturated heterocycles.